The van der Waals surface area contributed by atoms with E-state index in [9.17, 15) is 32.7 Å². The molecule has 0 radical (unpaired) electrons. The number of thioether (sulfide) groups is 2. The van der Waals surface area contributed by atoms with Gasteiger partial charge in [-0.1, -0.05) is 0 Å². The van der Waals surface area contributed by atoms with Crippen molar-refractivity contribution in [2.75, 3.05) is 11.5 Å². The Morgan fingerprint density at radius 2 is 2.13 bits per heavy atom. The zero-order chi connectivity index (χ0) is 22.7. The molecule has 0 aliphatic carbocycles. The molecule has 4 heterocycles. The van der Waals surface area contributed by atoms with Gasteiger partial charge in [-0.25, -0.2) is 24.6 Å². The number of carbonyl (C=O) groups is 3. The minimum Gasteiger partial charge on any atom is -0.477 e. The number of nitrogens with zero attached hydrogens (tertiary/aromatic N) is 4. The fourth-order valence-electron chi connectivity index (χ4n) is 3.19. The first-order valence-electron chi connectivity index (χ1n) is 8.52. The van der Waals surface area contributed by atoms with Crippen molar-refractivity contribution in [3.63, 3.8) is 0 Å². The highest BCUT2D eigenvalue weighted by molar-refractivity contribution is 8.14. The number of hydrazine groups is 2. The van der Waals surface area contributed by atoms with Crippen molar-refractivity contribution in [1.29, 1.82) is 0 Å². The van der Waals surface area contributed by atoms with Gasteiger partial charge in [0.25, 0.3) is 0 Å². The highest BCUT2D eigenvalue weighted by Gasteiger charge is 2.51. The van der Waals surface area contributed by atoms with Crippen LogP contribution in [0.4, 0.5) is 18.0 Å². The molecule has 4 rings (SSSR count). The Balaban J connectivity index is 1.60. The number of hydrogen-bond donors (Lipinski definition) is 4. The number of fused-ring (bicyclic) bond motifs is 2. The molecule has 1 saturated heterocycles. The number of amides is 3. The Bertz CT molecular complexity index is 1010. The van der Waals surface area contributed by atoms with Crippen LogP contribution in [0.25, 0.3) is 0 Å². The zero-order valence-corrected chi connectivity index (χ0v) is 16.9. The maximum Gasteiger partial charge on any atom is 0.433 e. The molecule has 31 heavy (non-hydrogen) atoms. The van der Waals surface area contributed by atoms with Gasteiger partial charge in [-0.2, -0.15) is 13.2 Å². The molecule has 1 fully saturated rings. The summed E-state index contributed by atoms with van der Waals surface area (Å²) in [5, 5.41) is 10.2. The van der Waals surface area contributed by atoms with Crippen molar-refractivity contribution in [3.8, 4) is 0 Å². The number of nitrogens with two attached hydrogens (primary N) is 2. The van der Waals surface area contributed by atoms with E-state index in [-0.39, 0.29) is 28.1 Å². The van der Waals surface area contributed by atoms with Crippen molar-refractivity contribution < 1.29 is 32.7 Å². The average molecular weight is 477 g/mol. The molecule has 6 N–H and O–H groups in total. The standard InChI is InChI=1S/C15H14F3N7O4S2/c16-15(17,18)6-1-8(21-7-2-23(14(20)29)22-25(6)7)30-3-5-4-31-12-9(19)11(26)24(12)10(5)13(27)28/h1-2,9,12,22H,3-4,19H2,(H2,20,29)(H,27,28)/t9-,12-/m1/s1. The van der Waals surface area contributed by atoms with Crippen molar-refractivity contribution in [2.24, 2.45) is 16.5 Å². The molecule has 4 aliphatic rings. The predicted octanol–water partition coefficient (Wildman–Crippen LogP) is 0.0738. The molecule has 0 aromatic heterocycles. The molecule has 4 aliphatic heterocycles. The number of aliphatic carboxylic acids is 1. The second-order valence-corrected chi connectivity index (χ2v) is 8.69. The van der Waals surface area contributed by atoms with E-state index in [1.54, 1.807) is 0 Å². The number of allylic oxidation sites excluding steroid dienone is 1. The summed E-state index contributed by atoms with van der Waals surface area (Å²) in [6.07, 6.45) is -3.00. The number of aliphatic imine (C=N–C) groups is 1. The maximum atomic E-state index is 13.5. The van der Waals surface area contributed by atoms with Crippen LogP contribution in [0.3, 0.4) is 0 Å². The second kappa shape index (κ2) is 7.47. The number of rotatable bonds is 3. The number of β-lactam (4-membered cyclic amide) rings is 1. The Labute approximate surface area is 180 Å². The predicted molar refractivity (Wildman–Crippen MR) is 104 cm³/mol. The summed E-state index contributed by atoms with van der Waals surface area (Å²) in [5.74, 6) is -1.81. The molecule has 0 saturated carbocycles. The summed E-state index contributed by atoms with van der Waals surface area (Å²) < 4.78 is 40.5. The summed E-state index contributed by atoms with van der Waals surface area (Å²) in [5.41, 5.74) is 12.0. The molecule has 0 bridgehead atoms. The molecule has 2 atom stereocenters. The second-order valence-electron chi connectivity index (χ2n) is 6.59. The normalized spacial score (nSPS) is 25.5. The van der Waals surface area contributed by atoms with Gasteiger partial charge in [0.2, 0.25) is 5.91 Å². The minimum absolute atomic E-state index is 0.0128. The van der Waals surface area contributed by atoms with E-state index in [4.69, 9.17) is 11.5 Å². The number of hydrogen-bond acceptors (Lipinski definition) is 9. The Kier molecular flexibility index (Phi) is 5.19. The number of halogens is 3. The fraction of sp³-hybridized carbons (Fsp3) is 0.333. The van der Waals surface area contributed by atoms with Crippen molar-refractivity contribution in [3.05, 3.63) is 35.1 Å². The van der Waals surface area contributed by atoms with Crippen molar-refractivity contribution >= 4 is 46.5 Å². The first-order valence-corrected chi connectivity index (χ1v) is 10.6. The molecule has 0 aromatic rings. The third-order valence-electron chi connectivity index (χ3n) is 4.62. The minimum atomic E-state index is -4.78. The molecule has 0 spiro atoms. The maximum absolute atomic E-state index is 13.5. The van der Waals surface area contributed by atoms with Gasteiger partial charge in [0.05, 0.1) is 6.20 Å². The van der Waals surface area contributed by atoms with Crippen LogP contribution in [-0.2, 0) is 9.59 Å². The smallest absolute Gasteiger partial charge is 0.433 e. The lowest BCUT2D eigenvalue weighted by Gasteiger charge is -2.48. The summed E-state index contributed by atoms with van der Waals surface area (Å²) in [6.45, 7) is 0. The van der Waals surface area contributed by atoms with E-state index in [0.29, 0.717) is 15.6 Å². The first kappa shape index (κ1) is 21.5. The quantitative estimate of drug-likeness (QED) is 0.413. The molecular weight excluding hydrogens is 463 g/mol. The highest BCUT2D eigenvalue weighted by atomic mass is 32.2. The molecule has 0 unspecified atom stereocenters. The van der Waals surface area contributed by atoms with Crippen LogP contribution in [0.5, 0.6) is 0 Å². The zero-order valence-electron chi connectivity index (χ0n) is 15.3. The fourth-order valence-corrected chi connectivity index (χ4v) is 5.53. The van der Waals surface area contributed by atoms with E-state index < -0.39 is 41.2 Å². The summed E-state index contributed by atoms with van der Waals surface area (Å²) >= 11 is 2.16. The van der Waals surface area contributed by atoms with E-state index in [0.717, 1.165) is 28.9 Å². The Hall–Kier alpha value is -2.69. The van der Waals surface area contributed by atoms with Crippen molar-refractivity contribution in [1.82, 2.24) is 20.5 Å². The first-order chi connectivity index (χ1) is 14.5. The van der Waals surface area contributed by atoms with E-state index in [1.165, 1.54) is 11.8 Å². The Morgan fingerprint density at radius 3 is 2.74 bits per heavy atom. The largest absolute Gasteiger partial charge is 0.477 e. The number of carboxylic acid groups (broad SMARTS) is 1. The van der Waals surface area contributed by atoms with Gasteiger partial charge in [0.1, 0.15) is 27.9 Å². The lowest BCUT2D eigenvalue weighted by atomic mass is 10.0. The number of alkyl halides is 3. The van der Waals surface area contributed by atoms with Gasteiger partial charge < -0.3 is 16.6 Å². The van der Waals surface area contributed by atoms with Crippen LogP contribution in [-0.4, -0.2) is 72.1 Å². The molecule has 16 heteroatoms. The van der Waals surface area contributed by atoms with Gasteiger partial charge in [0.15, 0.2) is 5.82 Å². The summed E-state index contributed by atoms with van der Waals surface area (Å²) in [4.78, 5) is 40.2. The highest BCUT2D eigenvalue weighted by Crippen LogP contribution is 2.41. The molecule has 166 valence electrons. The van der Waals surface area contributed by atoms with E-state index in [2.05, 4.69) is 10.5 Å². The number of urea groups is 1. The van der Waals surface area contributed by atoms with Gasteiger partial charge in [-0.15, -0.1) is 29.1 Å². The van der Waals surface area contributed by atoms with Gasteiger partial charge >= 0.3 is 18.2 Å². The third-order valence-corrected chi connectivity index (χ3v) is 6.98. The van der Waals surface area contributed by atoms with E-state index >= 15 is 0 Å². The number of carboxylic acids is 1. The van der Waals surface area contributed by atoms with E-state index in [1.807, 2.05) is 0 Å². The Morgan fingerprint density at radius 1 is 1.42 bits per heavy atom. The molecule has 3 amide bonds. The van der Waals surface area contributed by atoms with Gasteiger partial charge in [0, 0.05) is 17.6 Å². The molecule has 11 nitrogen and oxygen atoms in total. The van der Waals surface area contributed by atoms with Crippen LogP contribution >= 0.6 is 23.5 Å². The third kappa shape index (κ3) is 3.64. The lowest BCUT2D eigenvalue weighted by molar-refractivity contribution is -0.147. The number of primary amides is 1. The monoisotopic (exact) mass is 477 g/mol. The molecule has 0 aromatic carbocycles. The summed E-state index contributed by atoms with van der Waals surface area (Å²) in [6, 6.07) is -1.81. The van der Waals surface area contributed by atoms with Crippen LogP contribution in [0, 0.1) is 0 Å². The van der Waals surface area contributed by atoms with Crippen LogP contribution in [0.1, 0.15) is 0 Å². The van der Waals surface area contributed by atoms with Gasteiger partial charge in [-0.05, 0) is 5.57 Å². The lowest BCUT2D eigenvalue weighted by Crippen LogP contribution is -2.68. The van der Waals surface area contributed by atoms with Crippen molar-refractivity contribution in [2.45, 2.75) is 17.6 Å². The van der Waals surface area contributed by atoms with Crippen LogP contribution in [0.15, 0.2) is 40.1 Å². The topological polar surface area (TPSA) is 158 Å². The number of carbonyl (C=O) groups excluding carboxylic acids is 2. The van der Waals surface area contributed by atoms with Gasteiger partial charge in [-0.3, -0.25) is 9.69 Å². The van der Waals surface area contributed by atoms with Crippen LogP contribution < -0.4 is 17.0 Å². The average Bonchev–Trinajstić information content (AvgIpc) is 3.13. The number of nitrogens with one attached hydrogen (secondary N) is 1. The molecular formula is C15H14F3N7O4S2. The summed E-state index contributed by atoms with van der Waals surface area (Å²) in [7, 11) is 0. The van der Waals surface area contributed by atoms with Crippen LogP contribution in [0.2, 0.25) is 0 Å². The SMILES string of the molecule is NC(=O)N1C=C2N=C(SCC3=C(C(=O)O)N4C(=O)[C@@H](N)[C@H]4SC3)C=C(C(F)(F)F)N2N1.